The van der Waals surface area contributed by atoms with Crippen LogP contribution in [0.25, 0.3) is 0 Å². The molecule has 0 bridgehead atoms. The average Bonchev–Trinajstić information content (AvgIpc) is 2.46. The third-order valence-corrected chi connectivity index (χ3v) is 3.62. The van der Waals surface area contributed by atoms with Crippen molar-refractivity contribution in [1.29, 1.82) is 0 Å². The van der Waals surface area contributed by atoms with Crippen LogP contribution < -0.4 is 4.90 Å². The van der Waals surface area contributed by atoms with Crippen molar-refractivity contribution in [3.63, 3.8) is 0 Å². The Balaban J connectivity index is 2.34. The topological polar surface area (TPSA) is 40.5 Å². The lowest BCUT2D eigenvalue weighted by Crippen LogP contribution is -2.24. The Morgan fingerprint density at radius 1 is 1.20 bits per heavy atom. The highest BCUT2D eigenvalue weighted by Gasteiger charge is 2.15. The number of benzene rings is 2. The molecule has 104 valence electrons. The van der Waals surface area contributed by atoms with Crippen molar-refractivity contribution in [3.8, 4) is 0 Å². The van der Waals surface area contributed by atoms with E-state index in [1.165, 1.54) is 0 Å². The number of hydrogen-bond donors (Lipinski definition) is 1. The van der Waals surface area contributed by atoms with E-state index in [4.69, 9.17) is 0 Å². The van der Waals surface area contributed by atoms with Crippen molar-refractivity contribution < 1.29 is 9.90 Å². The summed E-state index contributed by atoms with van der Waals surface area (Å²) in [6.07, 6.45) is 0. The molecule has 0 spiro atoms. The molecule has 0 saturated carbocycles. The molecule has 2 aromatic rings. The van der Waals surface area contributed by atoms with Gasteiger partial charge >= 0.3 is 5.97 Å². The minimum Gasteiger partial charge on any atom is -0.478 e. The second-order valence-corrected chi connectivity index (χ2v) is 5.38. The molecule has 0 radical (unpaired) electrons. The molecule has 0 saturated heterocycles. The maximum Gasteiger partial charge on any atom is 0.337 e. The number of carboxylic acid groups (broad SMARTS) is 1. The molecule has 0 amide bonds. The maximum absolute atomic E-state index is 11.4. The summed E-state index contributed by atoms with van der Waals surface area (Å²) < 4.78 is 0.773. The minimum absolute atomic E-state index is 0.317. The Morgan fingerprint density at radius 3 is 2.50 bits per heavy atom. The molecule has 0 unspecified atom stereocenters. The molecule has 0 fully saturated rings. The fraction of sp³-hybridized carbons (Fsp3) is 0.188. The second-order valence-electron chi connectivity index (χ2n) is 4.47. The maximum atomic E-state index is 11.4. The van der Waals surface area contributed by atoms with E-state index in [9.17, 15) is 9.90 Å². The van der Waals surface area contributed by atoms with Crippen molar-refractivity contribution in [1.82, 2.24) is 0 Å². The fourth-order valence-electron chi connectivity index (χ4n) is 2.13. The van der Waals surface area contributed by atoms with Crippen LogP contribution in [0.2, 0.25) is 0 Å². The lowest BCUT2D eigenvalue weighted by Gasteiger charge is -2.25. The van der Waals surface area contributed by atoms with Crippen molar-refractivity contribution in [3.05, 3.63) is 64.1 Å². The number of halogens is 1. The van der Waals surface area contributed by atoms with Gasteiger partial charge in [0.2, 0.25) is 0 Å². The minimum atomic E-state index is -0.909. The first kappa shape index (κ1) is 14.6. The Labute approximate surface area is 127 Å². The zero-order chi connectivity index (χ0) is 14.5. The van der Waals surface area contributed by atoms with Crippen LogP contribution in [0.5, 0.6) is 0 Å². The summed E-state index contributed by atoms with van der Waals surface area (Å²) in [6.45, 7) is 3.46. The monoisotopic (exact) mass is 333 g/mol. The van der Waals surface area contributed by atoms with Gasteiger partial charge in [-0.1, -0.05) is 46.3 Å². The highest BCUT2D eigenvalue weighted by Crippen LogP contribution is 2.26. The normalized spacial score (nSPS) is 10.3. The molecule has 3 nitrogen and oxygen atoms in total. The summed E-state index contributed by atoms with van der Waals surface area (Å²) in [5.74, 6) is -0.909. The van der Waals surface area contributed by atoms with Crippen LogP contribution in [-0.2, 0) is 6.54 Å². The Bertz CT molecular complexity index is 599. The summed E-state index contributed by atoms with van der Waals surface area (Å²) >= 11 is 3.32. The number of aromatic carboxylic acids is 1. The fourth-order valence-corrected chi connectivity index (χ4v) is 2.49. The molecule has 0 aliphatic carbocycles. The summed E-state index contributed by atoms with van der Waals surface area (Å²) in [4.78, 5) is 13.5. The molecular weight excluding hydrogens is 318 g/mol. The molecule has 0 heterocycles. The van der Waals surface area contributed by atoms with Crippen LogP contribution in [0.3, 0.4) is 0 Å². The summed E-state index contributed by atoms with van der Waals surface area (Å²) in [5, 5.41) is 9.35. The Kier molecular flexibility index (Phi) is 4.79. The lowest BCUT2D eigenvalue weighted by molar-refractivity contribution is 0.0697. The van der Waals surface area contributed by atoms with Gasteiger partial charge < -0.3 is 10.0 Å². The van der Waals surface area contributed by atoms with Crippen LogP contribution in [0.15, 0.2) is 53.0 Å². The van der Waals surface area contributed by atoms with Crippen molar-refractivity contribution in [2.45, 2.75) is 13.5 Å². The van der Waals surface area contributed by atoms with Crippen LogP contribution in [0.4, 0.5) is 5.69 Å². The number of anilines is 1. The zero-order valence-electron chi connectivity index (χ0n) is 11.2. The molecule has 20 heavy (non-hydrogen) atoms. The van der Waals surface area contributed by atoms with Gasteiger partial charge in [-0.25, -0.2) is 4.79 Å². The van der Waals surface area contributed by atoms with Gasteiger partial charge in [0.05, 0.1) is 11.3 Å². The summed E-state index contributed by atoms with van der Waals surface area (Å²) in [7, 11) is 0. The van der Waals surface area contributed by atoms with Crippen LogP contribution in [0.1, 0.15) is 22.8 Å². The number of carbonyl (C=O) groups is 1. The summed E-state index contributed by atoms with van der Waals surface area (Å²) in [6, 6.07) is 15.4. The van der Waals surface area contributed by atoms with Gasteiger partial charge in [-0.05, 0) is 30.7 Å². The third kappa shape index (κ3) is 3.39. The predicted octanol–water partition coefficient (Wildman–Crippen LogP) is 4.17. The lowest BCUT2D eigenvalue weighted by atomic mass is 10.1. The van der Waals surface area contributed by atoms with Crippen LogP contribution in [0, 0.1) is 0 Å². The predicted molar refractivity (Wildman–Crippen MR) is 84.3 cm³/mol. The quantitative estimate of drug-likeness (QED) is 0.892. The SMILES string of the molecule is CCN(Cc1ccccc1)c1ccc(Br)cc1C(=O)O. The van der Waals surface area contributed by atoms with Gasteiger partial charge in [-0.15, -0.1) is 0 Å². The third-order valence-electron chi connectivity index (χ3n) is 3.13. The molecule has 0 aliphatic heterocycles. The van der Waals surface area contributed by atoms with Crippen molar-refractivity contribution in [2.24, 2.45) is 0 Å². The van der Waals surface area contributed by atoms with Crippen molar-refractivity contribution >= 4 is 27.6 Å². The highest BCUT2D eigenvalue weighted by atomic mass is 79.9. The first-order valence-corrected chi connectivity index (χ1v) is 7.23. The first-order chi connectivity index (χ1) is 9.61. The van der Waals surface area contributed by atoms with E-state index < -0.39 is 5.97 Å². The smallest absolute Gasteiger partial charge is 0.337 e. The van der Waals surface area contributed by atoms with Gasteiger partial charge in [-0.2, -0.15) is 0 Å². The van der Waals surface area contributed by atoms with E-state index in [0.29, 0.717) is 12.1 Å². The van der Waals surface area contributed by atoms with Crippen molar-refractivity contribution in [2.75, 3.05) is 11.4 Å². The Hall–Kier alpha value is -1.81. The molecule has 2 rings (SSSR count). The molecule has 0 aliphatic rings. The second kappa shape index (κ2) is 6.57. The van der Waals surface area contributed by atoms with E-state index in [1.54, 1.807) is 6.07 Å². The average molecular weight is 334 g/mol. The number of nitrogens with zero attached hydrogens (tertiary/aromatic N) is 1. The number of carboxylic acids is 1. The molecule has 0 aromatic heterocycles. The van der Waals surface area contributed by atoms with Gasteiger partial charge in [0.1, 0.15) is 0 Å². The first-order valence-electron chi connectivity index (χ1n) is 6.43. The Morgan fingerprint density at radius 2 is 1.90 bits per heavy atom. The van der Waals surface area contributed by atoms with Gasteiger partial charge in [0.25, 0.3) is 0 Å². The molecular formula is C16H16BrNO2. The van der Waals surface area contributed by atoms with E-state index in [0.717, 1.165) is 22.3 Å². The zero-order valence-corrected chi connectivity index (χ0v) is 12.8. The van der Waals surface area contributed by atoms with Crippen LogP contribution in [-0.4, -0.2) is 17.6 Å². The van der Waals surface area contributed by atoms with E-state index in [-0.39, 0.29) is 0 Å². The van der Waals surface area contributed by atoms with Gasteiger partial charge in [0, 0.05) is 17.6 Å². The standard InChI is InChI=1S/C16H16BrNO2/c1-2-18(11-12-6-4-3-5-7-12)15-9-8-13(17)10-14(15)16(19)20/h3-10H,2,11H2,1H3,(H,19,20). The van der Waals surface area contributed by atoms with Gasteiger partial charge in [-0.3, -0.25) is 0 Å². The van der Waals surface area contributed by atoms with Crippen LogP contribution >= 0.6 is 15.9 Å². The van der Waals surface area contributed by atoms with E-state index >= 15 is 0 Å². The van der Waals surface area contributed by atoms with Gasteiger partial charge in [0.15, 0.2) is 0 Å². The molecule has 1 N–H and O–H groups in total. The highest BCUT2D eigenvalue weighted by molar-refractivity contribution is 9.10. The number of hydrogen-bond acceptors (Lipinski definition) is 2. The van der Waals surface area contributed by atoms with E-state index in [1.807, 2.05) is 49.4 Å². The molecule has 2 aromatic carbocycles. The molecule has 0 atom stereocenters. The van der Waals surface area contributed by atoms with E-state index in [2.05, 4.69) is 20.8 Å². The molecule has 4 heteroatoms. The summed E-state index contributed by atoms with van der Waals surface area (Å²) in [5.41, 5.74) is 2.22. The number of rotatable bonds is 5. The largest absolute Gasteiger partial charge is 0.478 e.